The molecule has 1 heterocycles. The van der Waals surface area contributed by atoms with Gasteiger partial charge in [0.1, 0.15) is 11.3 Å². The average Bonchev–Trinajstić information content (AvgIpc) is 3.30. The number of hydrogen-bond donors (Lipinski definition) is 2. The van der Waals surface area contributed by atoms with E-state index in [4.69, 9.17) is 4.74 Å². The van der Waals surface area contributed by atoms with Crippen LogP contribution < -0.4 is 20.3 Å². The molecule has 0 spiro atoms. The van der Waals surface area contributed by atoms with Gasteiger partial charge in [-0.25, -0.2) is 0 Å². The standard InChI is InChI=1S/C19H30N4O2/c1-20-16-7-6-15(14-17(16)25-3)22(2)19(8-9-19)18(24)21-10-13-23-11-4-5-12-23/h6-7,14,20H,4-5,8-13H2,1-3H3,(H,21,24). The van der Waals surface area contributed by atoms with Gasteiger partial charge in [0.2, 0.25) is 5.91 Å². The van der Waals surface area contributed by atoms with E-state index < -0.39 is 5.54 Å². The highest BCUT2D eigenvalue weighted by Gasteiger charge is 2.53. The van der Waals surface area contributed by atoms with Crippen LogP contribution in [0.25, 0.3) is 0 Å². The lowest BCUT2D eigenvalue weighted by Crippen LogP contribution is -2.49. The fourth-order valence-corrected chi connectivity index (χ4v) is 3.67. The summed E-state index contributed by atoms with van der Waals surface area (Å²) in [6.45, 7) is 4.02. The highest BCUT2D eigenvalue weighted by atomic mass is 16.5. The third kappa shape index (κ3) is 3.68. The third-order valence-electron chi connectivity index (χ3n) is 5.54. The maximum Gasteiger partial charge on any atom is 0.245 e. The summed E-state index contributed by atoms with van der Waals surface area (Å²) in [6, 6.07) is 6.02. The SMILES string of the molecule is CNc1ccc(N(C)C2(C(=O)NCCN3CCCC3)CC2)cc1OC. The second-order valence-corrected chi connectivity index (χ2v) is 7.03. The van der Waals surface area contributed by atoms with Crippen molar-refractivity contribution in [2.75, 3.05) is 57.6 Å². The van der Waals surface area contributed by atoms with Gasteiger partial charge in [-0.2, -0.15) is 0 Å². The first-order valence-corrected chi connectivity index (χ1v) is 9.21. The number of carbonyl (C=O) groups is 1. The lowest BCUT2D eigenvalue weighted by atomic mass is 10.1. The molecule has 3 rings (SSSR count). The van der Waals surface area contributed by atoms with E-state index in [1.165, 1.54) is 25.9 Å². The number of carbonyl (C=O) groups excluding carboxylic acids is 1. The minimum absolute atomic E-state index is 0.144. The van der Waals surface area contributed by atoms with Crippen LogP contribution in [0.1, 0.15) is 25.7 Å². The van der Waals surface area contributed by atoms with E-state index >= 15 is 0 Å². The molecule has 6 nitrogen and oxygen atoms in total. The predicted molar refractivity (Wildman–Crippen MR) is 102 cm³/mol. The quantitative estimate of drug-likeness (QED) is 0.753. The first-order chi connectivity index (χ1) is 12.1. The van der Waals surface area contributed by atoms with Gasteiger partial charge >= 0.3 is 0 Å². The highest BCUT2D eigenvalue weighted by molar-refractivity contribution is 5.93. The van der Waals surface area contributed by atoms with Crippen molar-refractivity contribution < 1.29 is 9.53 Å². The Labute approximate surface area is 150 Å². The van der Waals surface area contributed by atoms with E-state index in [-0.39, 0.29) is 5.91 Å². The van der Waals surface area contributed by atoms with E-state index in [9.17, 15) is 4.79 Å². The molecule has 0 bridgehead atoms. The molecule has 1 aromatic rings. The fraction of sp³-hybridized carbons (Fsp3) is 0.632. The van der Waals surface area contributed by atoms with Crippen molar-refractivity contribution in [2.24, 2.45) is 0 Å². The predicted octanol–water partition coefficient (Wildman–Crippen LogP) is 1.92. The molecule has 1 aliphatic heterocycles. The number of ether oxygens (including phenoxy) is 1. The van der Waals surface area contributed by atoms with Crippen LogP contribution in [0.5, 0.6) is 5.75 Å². The Morgan fingerprint density at radius 1 is 1.32 bits per heavy atom. The van der Waals surface area contributed by atoms with Gasteiger partial charge in [-0.05, 0) is 50.9 Å². The van der Waals surface area contributed by atoms with Gasteiger partial charge in [0, 0.05) is 38.9 Å². The van der Waals surface area contributed by atoms with Crippen molar-refractivity contribution in [3.8, 4) is 5.75 Å². The van der Waals surface area contributed by atoms with E-state index in [0.29, 0.717) is 0 Å². The highest BCUT2D eigenvalue weighted by Crippen LogP contribution is 2.44. The number of likely N-dealkylation sites (tertiary alicyclic amines) is 1. The average molecular weight is 346 g/mol. The van der Waals surface area contributed by atoms with Gasteiger partial charge < -0.3 is 25.2 Å². The Bertz CT molecular complexity index is 609. The molecule has 0 atom stereocenters. The zero-order valence-electron chi connectivity index (χ0n) is 15.6. The second-order valence-electron chi connectivity index (χ2n) is 7.03. The summed E-state index contributed by atoms with van der Waals surface area (Å²) in [5, 5.41) is 6.27. The van der Waals surface area contributed by atoms with E-state index in [0.717, 1.165) is 43.1 Å². The molecule has 6 heteroatoms. The van der Waals surface area contributed by atoms with Crippen molar-refractivity contribution in [3.05, 3.63) is 18.2 Å². The zero-order chi connectivity index (χ0) is 17.9. The Hall–Kier alpha value is -1.95. The summed E-state index contributed by atoms with van der Waals surface area (Å²) >= 11 is 0. The minimum Gasteiger partial charge on any atom is -0.495 e. The Kier molecular flexibility index (Phi) is 5.37. The van der Waals surface area contributed by atoms with Gasteiger partial charge in [-0.3, -0.25) is 4.79 Å². The molecular weight excluding hydrogens is 316 g/mol. The number of rotatable bonds is 8. The molecule has 1 aliphatic carbocycles. The largest absolute Gasteiger partial charge is 0.495 e. The van der Waals surface area contributed by atoms with Gasteiger partial charge in [-0.15, -0.1) is 0 Å². The van der Waals surface area contributed by atoms with Crippen LogP contribution >= 0.6 is 0 Å². The fourth-order valence-electron chi connectivity index (χ4n) is 3.67. The maximum absolute atomic E-state index is 12.8. The summed E-state index contributed by atoms with van der Waals surface area (Å²) in [4.78, 5) is 17.3. The lowest BCUT2D eigenvalue weighted by molar-refractivity contribution is -0.123. The summed E-state index contributed by atoms with van der Waals surface area (Å²) < 4.78 is 5.45. The first kappa shape index (κ1) is 17.9. The normalized spacial score (nSPS) is 18.7. The van der Waals surface area contributed by atoms with Crippen LogP contribution in [0.2, 0.25) is 0 Å². The van der Waals surface area contributed by atoms with Crippen LogP contribution in [-0.2, 0) is 4.79 Å². The molecule has 0 aromatic heterocycles. The van der Waals surface area contributed by atoms with E-state index in [1.807, 2.05) is 32.3 Å². The van der Waals surface area contributed by atoms with E-state index in [2.05, 4.69) is 20.4 Å². The van der Waals surface area contributed by atoms with Crippen LogP contribution in [-0.4, -0.2) is 63.7 Å². The maximum atomic E-state index is 12.8. The first-order valence-electron chi connectivity index (χ1n) is 9.21. The number of nitrogens with zero attached hydrogens (tertiary/aromatic N) is 2. The molecule has 138 valence electrons. The molecule has 1 aromatic carbocycles. The van der Waals surface area contributed by atoms with Gasteiger partial charge in [0.25, 0.3) is 0 Å². The molecule has 25 heavy (non-hydrogen) atoms. The number of anilines is 2. The smallest absolute Gasteiger partial charge is 0.245 e. The van der Waals surface area contributed by atoms with Crippen LogP contribution in [0.3, 0.4) is 0 Å². The molecule has 2 fully saturated rings. The van der Waals surface area contributed by atoms with Gasteiger partial charge in [0.15, 0.2) is 0 Å². The lowest BCUT2D eigenvalue weighted by Gasteiger charge is -2.30. The van der Waals surface area contributed by atoms with Crippen molar-refractivity contribution in [3.63, 3.8) is 0 Å². The number of nitrogens with one attached hydrogen (secondary N) is 2. The molecule has 1 saturated heterocycles. The molecule has 2 aliphatic rings. The van der Waals surface area contributed by atoms with Gasteiger partial charge in [0.05, 0.1) is 12.8 Å². The number of hydrogen-bond acceptors (Lipinski definition) is 5. The number of amides is 1. The molecular formula is C19H30N4O2. The zero-order valence-corrected chi connectivity index (χ0v) is 15.6. The number of benzene rings is 1. The Morgan fingerprint density at radius 2 is 2.04 bits per heavy atom. The van der Waals surface area contributed by atoms with Crippen molar-refractivity contribution >= 4 is 17.3 Å². The summed E-state index contributed by atoms with van der Waals surface area (Å²) in [7, 11) is 5.54. The molecule has 1 saturated carbocycles. The van der Waals surface area contributed by atoms with Crippen LogP contribution in [0.4, 0.5) is 11.4 Å². The number of methoxy groups -OCH3 is 1. The molecule has 2 N–H and O–H groups in total. The van der Waals surface area contributed by atoms with Crippen molar-refractivity contribution in [2.45, 2.75) is 31.2 Å². The summed E-state index contributed by atoms with van der Waals surface area (Å²) in [6.07, 6.45) is 4.36. The second kappa shape index (κ2) is 7.52. The topological polar surface area (TPSA) is 56.8 Å². The molecule has 1 amide bonds. The molecule has 0 radical (unpaired) electrons. The van der Waals surface area contributed by atoms with E-state index in [1.54, 1.807) is 7.11 Å². The minimum atomic E-state index is -0.406. The number of likely N-dealkylation sites (N-methyl/N-ethyl adjacent to an activating group) is 1. The van der Waals surface area contributed by atoms with Gasteiger partial charge in [-0.1, -0.05) is 0 Å². The third-order valence-corrected chi connectivity index (χ3v) is 5.54. The summed E-state index contributed by atoms with van der Waals surface area (Å²) in [5.74, 6) is 0.933. The Balaban J connectivity index is 1.62. The van der Waals surface area contributed by atoms with Crippen LogP contribution in [0, 0.1) is 0 Å². The van der Waals surface area contributed by atoms with Crippen molar-refractivity contribution in [1.29, 1.82) is 0 Å². The summed E-state index contributed by atoms with van der Waals surface area (Å²) in [5.41, 5.74) is 1.54. The van der Waals surface area contributed by atoms with Crippen molar-refractivity contribution in [1.82, 2.24) is 10.2 Å². The molecule has 0 unspecified atom stereocenters. The van der Waals surface area contributed by atoms with Crippen LogP contribution in [0.15, 0.2) is 18.2 Å². The monoisotopic (exact) mass is 346 g/mol. The Morgan fingerprint density at radius 3 is 2.64 bits per heavy atom.